The molecule has 2 aromatic rings. The molecule has 2 nitrogen and oxygen atoms in total. The van der Waals surface area contributed by atoms with E-state index in [-0.39, 0.29) is 0 Å². The average molecular weight is 345 g/mol. The number of thiazole rings is 1. The van der Waals surface area contributed by atoms with Crippen molar-refractivity contribution in [2.24, 2.45) is 0 Å². The lowest BCUT2D eigenvalue weighted by atomic mass is 10.1. The zero-order chi connectivity index (χ0) is 13.0. The van der Waals surface area contributed by atoms with Gasteiger partial charge in [0.25, 0.3) is 0 Å². The molecule has 1 N–H and O–H groups in total. The number of aryl methyl sites for hydroxylation is 1. The van der Waals surface area contributed by atoms with Crippen molar-refractivity contribution in [2.45, 2.75) is 32.7 Å². The number of rotatable bonds is 6. The van der Waals surface area contributed by atoms with Gasteiger partial charge in [0.2, 0.25) is 0 Å². The standard InChI is InChI=1S/C13H17BrN2S2/c1-3-15-10(6-11-8-18-9(2)16-11)7-13-12(14)4-5-17-13/h4-5,8,10,15H,3,6-7H2,1-2H3. The highest BCUT2D eigenvalue weighted by atomic mass is 79.9. The summed E-state index contributed by atoms with van der Waals surface area (Å²) in [6.07, 6.45) is 2.06. The fraction of sp³-hybridized carbons (Fsp3) is 0.462. The molecule has 2 heterocycles. The quantitative estimate of drug-likeness (QED) is 0.855. The highest BCUT2D eigenvalue weighted by Gasteiger charge is 2.13. The lowest BCUT2D eigenvalue weighted by Gasteiger charge is -2.16. The van der Waals surface area contributed by atoms with Crippen LogP contribution >= 0.6 is 38.6 Å². The Morgan fingerprint density at radius 1 is 1.39 bits per heavy atom. The number of hydrogen-bond acceptors (Lipinski definition) is 4. The maximum Gasteiger partial charge on any atom is 0.0897 e. The molecule has 1 atom stereocenters. The van der Waals surface area contributed by atoms with Crippen LogP contribution in [0.2, 0.25) is 0 Å². The third-order valence-corrected chi connectivity index (χ3v) is 5.51. The molecule has 98 valence electrons. The highest BCUT2D eigenvalue weighted by Crippen LogP contribution is 2.24. The first kappa shape index (κ1) is 14.2. The summed E-state index contributed by atoms with van der Waals surface area (Å²) in [5, 5.41) is 9.01. The number of hydrogen-bond donors (Lipinski definition) is 1. The van der Waals surface area contributed by atoms with Crippen LogP contribution in [0.1, 0.15) is 22.5 Å². The van der Waals surface area contributed by atoms with Crippen LogP contribution in [0, 0.1) is 6.92 Å². The molecule has 5 heteroatoms. The lowest BCUT2D eigenvalue weighted by molar-refractivity contribution is 0.520. The normalized spacial score (nSPS) is 12.8. The van der Waals surface area contributed by atoms with E-state index in [1.54, 1.807) is 11.3 Å². The summed E-state index contributed by atoms with van der Waals surface area (Å²) in [4.78, 5) is 5.96. The molecule has 0 saturated heterocycles. The Kier molecular flexibility index (Phi) is 5.36. The first-order valence-electron chi connectivity index (χ1n) is 6.05. The zero-order valence-corrected chi connectivity index (χ0v) is 13.8. The second-order valence-corrected chi connectivity index (χ2v) is 7.13. The van der Waals surface area contributed by atoms with E-state index in [2.05, 4.69) is 56.9 Å². The van der Waals surface area contributed by atoms with Crippen molar-refractivity contribution in [1.29, 1.82) is 0 Å². The fourth-order valence-corrected chi connectivity index (χ4v) is 4.18. The van der Waals surface area contributed by atoms with Gasteiger partial charge in [0.05, 0.1) is 10.7 Å². The predicted octanol–water partition coefficient (Wildman–Crippen LogP) is 4.04. The van der Waals surface area contributed by atoms with E-state index in [0.717, 1.165) is 24.4 Å². The van der Waals surface area contributed by atoms with Crippen LogP contribution in [0.25, 0.3) is 0 Å². The van der Waals surface area contributed by atoms with Crippen molar-refractivity contribution in [3.05, 3.63) is 36.9 Å². The number of halogens is 1. The monoisotopic (exact) mass is 344 g/mol. The molecular formula is C13H17BrN2S2. The SMILES string of the molecule is CCNC(Cc1csc(C)n1)Cc1sccc1Br. The Balaban J connectivity index is 2.02. The summed E-state index contributed by atoms with van der Waals surface area (Å²) in [5.41, 5.74) is 1.20. The van der Waals surface area contributed by atoms with Crippen molar-refractivity contribution < 1.29 is 0 Å². The Morgan fingerprint density at radius 2 is 2.22 bits per heavy atom. The van der Waals surface area contributed by atoms with Gasteiger partial charge in [-0.15, -0.1) is 22.7 Å². The summed E-state index contributed by atoms with van der Waals surface area (Å²) >= 11 is 7.15. The van der Waals surface area contributed by atoms with Crippen LogP contribution < -0.4 is 5.32 Å². The van der Waals surface area contributed by atoms with Gasteiger partial charge in [0.15, 0.2) is 0 Å². The van der Waals surface area contributed by atoms with Crippen LogP contribution in [0.15, 0.2) is 21.3 Å². The minimum absolute atomic E-state index is 0.464. The molecule has 0 spiro atoms. The van der Waals surface area contributed by atoms with Crippen LogP contribution in [0.3, 0.4) is 0 Å². The molecule has 2 aromatic heterocycles. The fourth-order valence-electron chi connectivity index (χ4n) is 1.95. The zero-order valence-electron chi connectivity index (χ0n) is 10.6. The molecule has 2 rings (SSSR count). The van der Waals surface area contributed by atoms with Gasteiger partial charge in [-0.1, -0.05) is 6.92 Å². The molecule has 0 aliphatic rings. The van der Waals surface area contributed by atoms with Crippen molar-refractivity contribution in [1.82, 2.24) is 10.3 Å². The maximum atomic E-state index is 4.55. The van der Waals surface area contributed by atoms with Gasteiger partial charge in [-0.2, -0.15) is 0 Å². The molecule has 0 radical (unpaired) electrons. The third kappa shape index (κ3) is 3.88. The predicted molar refractivity (Wildman–Crippen MR) is 83.7 cm³/mol. The topological polar surface area (TPSA) is 24.9 Å². The Hall–Kier alpha value is -0.230. The number of thiophene rings is 1. The molecule has 0 aromatic carbocycles. The lowest BCUT2D eigenvalue weighted by Crippen LogP contribution is -2.33. The molecule has 18 heavy (non-hydrogen) atoms. The van der Waals surface area contributed by atoms with Gasteiger partial charge in [-0.25, -0.2) is 4.98 Å². The van der Waals surface area contributed by atoms with Gasteiger partial charge in [-0.05, 0) is 47.3 Å². The van der Waals surface area contributed by atoms with Crippen molar-refractivity contribution >= 4 is 38.6 Å². The number of nitrogens with one attached hydrogen (secondary N) is 1. The largest absolute Gasteiger partial charge is 0.314 e. The van der Waals surface area contributed by atoms with Crippen LogP contribution in [0.5, 0.6) is 0 Å². The van der Waals surface area contributed by atoms with E-state index in [1.807, 2.05) is 11.3 Å². The molecular weight excluding hydrogens is 328 g/mol. The van der Waals surface area contributed by atoms with Crippen molar-refractivity contribution in [2.75, 3.05) is 6.54 Å². The van der Waals surface area contributed by atoms with Crippen LogP contribution in [-0.4, -0.2) is 17.6 Å². The molecule has 0 amide bonds. The maximum absolute atomic E-state index is 4.55. The molecule has 0 aliphatic heterocycles. The van der Waals surface area contributed by atoms with Gasteiger partial charge < -0.3 is 5.32 Å². The highest BCUT2D eigenvalue weighted by molar-refractivity contribution is 9.10. The first-order chi connectivity index (χ1) is 8.69. The Labute approximate surface area is 125 Å². The van der Waals surface area contributed by atoms with E-state index in [4.69, 9.17) is 0 Å². The number of likely N-dealkylation sites (N-methyl/N-ethyl adjacent to an activating group) is 1. The second kappa shape index (κ2) is 6.80. The third-order valence-electron chi connectivity index (χ3n) is 2.74. The first-order valence-corrected chi connectivity index (χ1v) is 8.60. The summed E-state index contributed by atoms with van der Waals surface area (Å²) in [6.45, 7) is 5.21. The second-order valence-electron chi connectivity index (χ2n) is 4.21. The van der Waals surface area contributed by atoms with E-state index in [0.29, 0.717) is 6.04 Å². The minimum Gasteiger partial charge on any atom is -0.314 e. The summed E-state index contributed by atoms with van der Waals surface area (Å²) in [6, 6.07) is 2.59. The summed E-state index contributed by atoms with van der Waals surface area (Å²) in [7, 11) is 0. The number of aromatic nitrogens is 1. The molecule has 0 fully saturated rings. The Morgan fingerprint density at radius 3 is 2.78 bits per heavy atom. The Bertz CT molecular complexity index is 493. The van der Waals surface area contributed by atoms with Crippen molar-refractivity contribution in [3.63, 3.8) is 0 Å². The van der Waals surface area contributed by atoms with E-state index < -0.39 is 0 Å². The minimum atomic E-state index is 0.464. The van der Waals surface area contributed by atoms with Crippen LogP contribution in [-0.2, 0) is 12.8 Å². The van der Waals surface area contributed by atoms with E-state index in [9.17, 15) is 0 Å². The van der Waals surface area contributed by atoms with Crippen LogP contribution in [0.4, 0.5) is 0 Å². The summed E-state index contributed by atoms with van der Waals surface area (Å²) in [5.74, 6) is 0. The van der Waals surface area contributed by atoms with Gasteiger partial charge >= 0.3 is 0 Å². The molecule has 0 bridgehead atoms. The number of nitrogens with zero attached hydrogens (tertiary/aromatic N) is 1. The van der Waals surface area contributed by atoms with E-state index >= 15 is 0 Å². The van der Waals surface area contributed by atoms with Gasteiger partial charge in [0, 0.05) is 27.2 Å². The smallest absolute Gasteiger partial charge is 0.0897 e. The van der Waals surface area contributed by atoms with Gasteiger partial charge in [0.1, 0.15) is 0 Å². The van der Waals surface area contributed by atoms with Crippen molar-refractivity contribution in [3.8, 4) is 0 Å². The van der Waals surface area contributed by atoms with Gasteiger partial charge in [-0.3, -0.25) is 0 Å². The molecule has 0 aliphatic carbocycles. The van der Waals surface area contributed by atoms with E-state index in [1.165, 1.54) is 15.0 Å². The summed E-state index contributed by atoms with van der Waals surface area (Å²) < 4.78 is 1.23. The average Bonchev–Trinajstić information content (AvgIpc) is 2.90. The molecule has 0 saturated carbocycles. The molecule has 1 unspecified atom stereocenters.